The average Bonchev–Trinajstić information content (AvgIpc) is 2.92. The van der Waals surface area contributed by atoms with Crippen molar-refractivity contribution < 1.29 is 9.53 Å². The molecule has 5 heteroatoms. The highest BCUT2D eigenvalue weighted by Crippen LogP contribution is 2.24. The zero-order valence-corrected chi connectivity index (χ0v) is 19.8. The van der Waals surface area contributed by atoms with E-state index in [1.165, 1.54) is 0 Å². The van der Waals surface area contributed by atoms with Crippen LogP contribution in [-0.2, 0) is 17.8 Å². The number of carbonyl (C=O) groups excluding carboxylic acids is 1. The van der Waals surface area contributed by atoms with Crippen LogP contribution in [0, 0.1) is 11.3 Å². The normalized spacial score (nSPS) is 13.7. The summed E-state index contributed by atoms with van der Waals surface area (Å²) in [4.78, 5) is 17.1. The quantitative estimate of drug-likeness (QED) is 0.260. The number of nitrogens with zero attached hydrogens (tertiary/aromatic N) is 3. The Morgan fingerprint density at radius 3 is 2.31 bits per heavy atom. The van der Waals surface area contributed by atoms with Gasteiger partial charge in [-0.3, -0.25) is 4.79 Å². The van der Waals surface area contributed by atoms with E-state index in [2.05, 4.69) is 29.7 Å². The van der Waals surface area contributed by atoms with Crippen molar-refractivity contribution in [2.24, 2.45) is 0 Å². The van der Waals surface area contributed by atoms with Crippen LogP contribution < -0.4 is 9.64 Å². The zero-order valence-electron chi connectivity index (χ0n) is 19.8. The van der Waals surface area contributed by atoms with E-state index < -0.39 is 0 Å². The number of para-hydroxylation sites is 1. The van der Waals surface area contributed by atoms with Gasteiger partial charge in [0.2, 0.25) is 0 Å². The molecule has 1 aliphatic heterocycles. The largest absolute Gasteiger partial charge is 0.489 e. The van der Waals surface area contributed by atoms with Crippen molar-refractivity contribution in [3.8, 4) is 11.8 Å². The number of carbonyl (C=O) groups is 1. The summed E-state index contributed by atoms with van der Waals surface area (Å²) in [6, 6.07) is 28.0. The van der Waals surface area contributed by atoms with Crippen LogP contribution in [0.5, 0.6) is 5.75 Å². The molecule has 0 bridgehead atoms. The summed E-state index contributed by atoms with van der Waals surface area (Å²) in [7, 11) is 0. The Balaban J connectivity index is 1.44. The first-order valence-corrected chi connectivity index (χ1v) is 11.8. The van der Waals surface area contributed by atoms with Gasteiger partial charge in [-0.1, -0.05) is 60.7 Å². The molecule has 1 heterocycles. The smallest absolute Gasteiger partial charge is 0.264 e. The second-order valence-corrected chi connectivity index (χ2v) is 8.42. The third kappa shape index (κ3) is 6.18. The predicted molar refractivity (Wildman–Crippen MR) is 140 cm³/mol. The summed E-state index contributed by atoms with van der Waals surface area (Å²) in [6.45, 7) is 6.97. The molecule has 3 aromatic rings. The molecule has 0 N–H and O–H groups in total. The summed E-state index contributed by atoms with van der Waals surface area (Å²) in [5.41, 5.74) is 4.14. The van der Waals surface area contributed by atoms with Gasteiger partial charge in [0.15, 0.2) is 0 Å². The molecule has 0 saturated carbocycles. The molecule has 1 aliphatic rings. The van der Waals surface area contributed by atoms with Gasteiger partial charge in [0.1, 0.15) is 24.0 Å². The number of anilines is 1. The summed E-state index contributed by atoms with van der Waals surface area (Å²) < 4.78 is 6.04. The van der Waals surface area contributed by atoms with Crippen LogP contribution >= 0.6 is 0 Å². The van der Waals surface area contributed by atoms with Gasteiger partial charge in [-0.2, -0.15) is 5.26 Å². The fourth-order valence-electron chi connectivity index (χ4n) is 4.17. The van der Waals surface area contributed by atoms with E-state index in [-0.39, 0.29) is 11.5 Å². The van der Waals surface area contributed by atoms with Crippen molar-refractivity contribution in [3.05, 3.63) is 114 Å². The van der Waals surface area contributed by atoms with Gasteiger partial charge in [0.05, 0.1) is 0 Å². The van der Waals surface area contributed by atoms with Crippen LogP contribution in [0.1, 0.15) is 16.7 Å². The molecule has 3 aromatic carbocycles. The van der Waals surface area contributed by atoms with Crippen LogP contribution in [0.15, 0.2) is 97.1 Å². The number of hydrogen-bond acceptors (Lipinski definition) is 4. The zero-order chi connectivity index (χ0) is 24.5. The van der Waals surface area contributed by atoms with Crippen molar-refractivity contribution in [1.82, 2.24) is 4.90 Å². The van der Waals surface area contributed by atoms with Gasteiger partial charge >= 0.3 is 0 Å². The first kappa shape index (κ1) is 23.8. The molecule has 1 saturated heterocycles. The highest BCUT2D eigenvalue weighted by molar-refractivity contribution is 6.01. The van der Waals surface area contributed by atoms with Gasteiger partial charge in [-0.05, 0) is 53.5 Å². The fraction of sp³-hybridized carbons (Fsp3) is 0.200. The summed E-state index contributed by atoms with van der Waals surface area (Å²) >= 11 is 0. The number of piperazine rings is 1. The number of ether oxygens (including phenoxy) is 1. The van der Waals surface area contributed by atoms with Crippen molar-refractivity contribution in [3.63, 3.8) is 0 Å². The van der Waals surface area contributed by atoms with Gasteiger partial charge in [0, 0.05) is 31.9 Å². The fourth-order valence-corrected chi connectivity index (χ4v) is 4.17. The Bertz CT molecular complexity index is 1220. The molecule has 0 aromatic heterocycles. The van der Waals surface area contributed by atoms with Gasteiger partial charge in [0.25, 0.3) is 5.91 Å². The molecule has 0 radical (unpaired) electrons. The second kappa shape index (κ2) is 11.7. The van der Waals surface area contributed by atoms with E-state index >= 15 is 0 Å². The minimum atomic E-state index is -0.227. The maximum Gasteiger partial charge on any atom is 0.264 e. The van der Waals surface area contributed by atoms with Crippen molar-refractivity contribution in [2.75, 3.05) is 31.1 Å². The minimum Gasteiger partial charge on any atom is -0.489 e. The number of allylic oxidation sites excluding steroid dienone is 1. The lowest BCUT2D eigenvalue weighted by Crippen LogP contribution is -2.49. The van der Waals surface area contributed by atoms with E-state index in [1.807, 2.05) is 72.8 Å². The maximum absolute atomic E-state index is 13.1. The topological polar surface area (TPSA) is 56.6 Å². The van der Waals surface area contributed by atoms with Crippen molar-refractivity contribution >= 4 is 17.7 Å². The van der Waals surface area contributed by atoms with E-state index in [0.717, 1.165) is 41.2 Å². The first-order chi connectivity index (χ1) is 17.2. The predicted octanol–water partition coefficient (Wildman–Crippen LogP) is 5.25. The van der Waals surface area contributed by atoms with Crippen molar-refractivity contribution in [2.45, 2.75) is 13.0 Å². The molecular weight excluding hydrogens is 434 g/mol. The number of hydrogen-bond donors (Lipinski definition) is 0. The molecule has 0 aliphatic carbocycles. The number of amides is 1. The second-order valence-electron chi connectivity index (χ2n) is 8.42. The Kier molecular flexibility index (Phi) is 7.98. The molecule has 35 heavy (non-hydrogen) atoms. The third-order valence-electron chi connectivity index (χ3n) is 6.04. The Labute approximate surface area is 207 Å². The molecule has 0 unspecified atom stereocenters. The van der Waals surface area contributed by atoms with E-state index in [9.17, 15) is 10.1 Å². The molecule has 176 valence electrons. The molecule has 0 spiro atoms. The molecule has 1 amide bonds. The van der Waals surface area contributed by atoms with E-state index in [0.29, 0.717) is 26.1 Å². The molecule has 0 atom stereocenters. The average molecular weight is 464 g/mol. The van der Waals surface area contributed by atoms with Crippen molar-refractivity contribution in [1.29, 1.82) is 5.26 Å². The lowest BCUT2D eigenvalue weighted by Gasteiger charge is -2.36. The number of nitriles is 1. The van der Waals surface area contributed by atoms with Gasteiger partial charge in [-0.25, -0.2) is 0 Å². The van der Waals surface area contributed by atoms with Crippen LogP contribution in [0.2, 0.25) is 0 Å². The Morgan fingerprint density at radius 2 is 1.66 bits per heavy atom. The molecular formula is C30H29N3O2. The maximum atomic E-state index is 13.1. The summed E-state index contributed by atoms with van der Waals surface area (Å²) in [6.07, 6.45) is 4.11. The molecule has 4 rings (SSSR count). The SMILES string of the molecule is C=CCc1cc(/C=C(/C#N)C(=O)N2CCN(c3ccccc3)CC2)ccc1OCc1ccccc1. The highest BCUT2D eigenvalue weighted by atomic mass is 16.5. The molecule has 1 fully saturated rings. The van der Waals surface area contributed by atoms with Crippen LogP contribution in [-0.4, -0.2) is 37.0 Å². The highest BCUT2D eigenvalue weighted by Gasteiger charge is 2.24. The van der Waals surface area contributed by atoms with Crippen LogP contribution in [0.4, 0.5) is 5.69 Å². The van der Waals surface area contributed by atoms with E-state index in [1.54, 1.807) is 11.0 Å². The lowest BCUT2D eigenvalue weighted by atomic mass is 10.0. The molecule has 5 nitrogen and oxygen atoms in total. The lowest BCUT2D eigenvalue weighted by molar-refractivity contribution is -0.126. The van der Waals surface area contributed by atoms with Crippen LogP contribution in [0.3, 0.4) is 0 Å². The number of rotatable bonds is 8. The van der Waals surface area contributed by atoms with E-state index in [4.69, 9.17) is 4.74 Å². The standard InChI is InChI=1S/C30H29N3O2/c1-2-9-26-20-25(14-15-29(26)35-23-24-10-5-3-6-11-24)21-27(22-31)30(34)33-18-16-32(17-19-33)28-12-7-4-8-13-28/h2-8,10-15,20-21H,1,9,16-19,23H2/b27-21-. The Morgan fingerprint density at radius 1 is 0.971 bits per heavy atom. The third-order valence-corrected chi connectivity index (χ3v) is 6.04. The summed E-state index contributed by atoms with van der Waals surface area (Å²) in [5, 5.41) is 9.74. The van der Waals surface area contributed by atoms with Gasteiger partial charge in [-0.15, -0.1) is 6.58 Å². The van der Waals surface area contributed by atoms with Gasteiger partial charge < -0.3 is 14.5 Å². The minimum absolute atomic E-state index is 0.140. The van der Waals surface area contributed by atoms with Crippen LogP contribution in [0.25, 0.3) is 6.08 Å². The summed E-state index contributed by atoms with van der Waals surface area (Å²) in [5.74, 6) is 0.544. The Hall–Kier alpha value is -4.30. The monoisotopic (exact) mass is 463 g/mol. The number of benzene rings is 3. The first-order valence-electron chi connectivity index (χ1n) is 11.8.